The first-order chi connectivity index (χ1) is 8.60. The van der Waals surface area contributed by atoms with E-state index in [-0.39, 0.29) is 11.4 Å². The summed E-state index contributed by atoms with van der Waals surface area (Å²) in [6.07, 6.45) is 0.754. The lowest BCUT2D eigenvalue weighted by molar-refractivity contribution is -0.135. The van der Waals surface area contributed by atoms with Gasteiger partial charge in [0.25, 0.3) is 0 Å². The minimum absolute atomic E-state index is 0.0506. The summed E-state index contributed by atoms with van der Waals surface area (Å²) in [7, 11) is -3.81. The first-order valence-electron chi connectivity index (χ1n) is 4.61. The van der Waals surface area contributed by atoms with Gasteiger partial charge in [0, 0.05) is 7.14 Å². The third kappa shape index (κ3) is 5.10. The molecule has 19 heavy (non-hydrogen) atoms. The maximum atomic E-state index is 11.5. The van der Waals surface area contributed by atoms with Crippen LogP contribution in [0.1, 0.15) is 0 Å². The smallest absolute Gasteiger partial charge is 0.323 e. The number of sulfonamides is 1. The zero-order valence-electron chi connectivity index (χ0n) is 9.40. The van der Waals surface area contributed by atoms with Crippen molar-refractivity contribution in [3.05, 3.63) is 19.3 Å². The normalized spacial score (nSPS) is 10.9. The van der Waals surface area contributed by atoms with Crippen LogP contribution in [0.4, 0.5) is 5.69 Å². The fraction of sp³-hybridized carbons (Fsp3) is 0.111. The van der Waals surface area contributed by atoms with Crippen molar-refractivity contribution in [3.8, 4) is 5.75 Å². The molecule has 1 aromatic carbocycles. The van der Waals surface area contributed by atoms with Crippen LogP contribution in [0.25, 0.3) is 0 Å². The Kier molecular flexibility index (Phi) is 5.37. The van der Waals surface area contributed by atoms with Crippen LogP contribution in [0.3, 0.4) is 0 Å². The number of nitrogens with one attached hydrogen (secondary N) is 2. The molecule has 0 atom stereocenters. The van der Waals surface area contributed by atoms with E-state index in [1.54, 1.807) is 6.07 Å². The quantitative estimate of drug-likeness (QED) is 0.307. The maximum absolute atomic E-state index is 11.5. The number of halogens is 2. The first-order valence-corrected chi connectivity index (χ1v) is 8.66. The van der Waals surface area contributed by atoms with Gasteiger partial charge in [-0.05, 0) is 57.3 Å². The summed E-state index contributed by atoms with van der Waals surface area (Å²) in [5.74, 6) is -2.71. The van der Waals surface area contributed by atoms with E-state index in [0.717, 1.165) is 9.83 Å². The van der Waals surface area contributed by atoms with Gasteiger partial charge in [-0.15, -0.1) is 0 Å². The van der Waals surface area contributed by atoms with Crippen molar-refractivity contribution in [2.24, 2.45) is 0 Å². The van der Waals surface area contributed by atoms with E-state index in [9.17, 15) is 23.1 Å². The molecular formula is C9H8I2N2O5S. The molecule has 0 aliphatic heterocycles. The molecule has 0 radical (unpaired) electrons. The zero-order valence-corrected chi connectivity index (χ0v) is 14.5. The molecule has 0 heterocycles. The van der Waals surface area contributed by atoms with Crippen molar-refractivity contribution >= 4 is 72.7 Å². The maximum Gasteiger partial charge on any atom is 0.323 e. The van der Waals surface area contributed by atoms with Crippen LogP contribution in [0.2, 0.25) is 0 Å². The number of hydrogen-bond donors (Lipinski definition) is 3. The van der Waals surface area contributed by atoms with Crippen molar-refractivity contribution in [1.82, 2.24) is 4.72 Å². The molecule has 3 N–H and O–H groups in total. The number of carbonyl (C=O) groups is 2. The molecule has 7 nitrogen and oxygen atoms in total. The Balaban J connectivity index is 2.92. The highest BCUT2D eigenvalue weighted by atomic mass is 127. The third-order valence-corrected chi connectivity index (χ3v) is 3.79. The van der Waals surface area contributed by atoms with Gasteiger partial charge in [-0.2, -0.15) is 0 Å². The van der Waals surface area contributed by atoms with E-state index in [4.69, 9.17) is 0 Å². The topological polar surface area (TPSA) is 113 Å². The summed E-state index contributed by atoms with van der Waals surface area (Å²) in [4.78, 5) is 22.7. The van der Waals surface area contributed by atoms with Gasteiger partial charge in [-0.3, -0.25) is 9.59 Å². The SMILES string of the molecule is CS(=O)(=O)NC(=O)C(=O)Nc1c(O)cc(I)cc1I. The van der Waals surface area contributed by atoms with Crippen molar-refractivity contribution in [2.45, 2.75) is 0 Å². The molecule has 10 heteroatoms. The Labute approximate surface area is 136 Å². The second-order valence-electron chi connectivity index (χ2n) is 3.44. The van der Waals surface area contributed by atoms with E-state index in [1.807, 2.05) is 45.2 Å². The number of carbonyl (C=O) groups excluding carboxylic acids is 2. The molecule has 0 spiro atoms. The lowest BCUT2D eigenvalue weighted by atomic mass is 10.3. The molecule has 104 valence electrons. The summed E-state index contributed by atoms with van der Waals surface area (Å²) >= 11 is 3.84. The van der Waals surface area contributed by atoms with Crippen molar-refractivity contribution in [3.63, 3.8) is 0 Å². The van der Waals surface area contributed by atoms with Crippen LogP contribution < -0.4 is 10.0 Å². The van der Waals surface area contributed by atoms with Crippen molar-refractivity contribution < 1.29 is 23.1 Å². The average Bonchev–Trinajstić information content (AvgIpc) is 2.20. The van der Waals surface area contributed by atoms with Gasteiger partial charge in [0.2, 0.25) is 10.0 Å². The van der Waals surface area contributed by atoms with Gasteiger partial charge in [-0.1, -0.05) is 0 Å². The number of rotatable bonds is 2. The Morgan fingerprint density at radius 3 is 2.26 bits per heavy atom. The van der Waals surface area contributed by atoms with E-state index in [2.05, 4.69) is 5.32 Å². The highest BCUT2D eigenvalue weighted by molar-refractivity contribution is 14.1. The molecular weight excluding hydrogens is 502 g/mol. The first kappa shape index (κ1) is 16.4. The molecule has 0 fully saturated rings. The van der Waals surface area contributed by atoms with Crippen LogP contribution in [0.5, 0.6) is 5.75 Å². The number of aromatic hydroxyl groups is 1. The number of phenolic OH excluding ortho intramolecular Hbond substituents is 1. The van der Waals surface area contributed by atoms with Crippen LogP contribution in [0, 0.1) is 7.14 Å². The summed E-state index contributed by atoms with van der Waals surface area (Å²) in [5, 5.41) is 11.8. The number of phenols is 1. The molecule has 0 unspecified atom stereocenters. The van der Waals surface area contributed by atoms with E-state index in [1.165, 1.54) is 10.8 Å². The van der Waals surface area contributed by atoms with Gasteiger partial charge in [0.1, 0.15) is 5.75 Å². The molecule has 0 aliphatic carbocycles. The Morgan fingerprint density at radius 2 is 1.79 bits per heavy atom. The molecule has 1 rings (SSSR count). The predicted octanol–water partition coefficient (Wildman–Crippen LogP) is 0.616. The largest absolute Gasteiger partial charge is 0.506 e. The Hall–Kier alpha value is -0.630. The summed E-state index contributed by atoms with van der Waals surface area (Å²) in [5.41, 5.74) is 0.0506. The van der Waals surface area contributed by atoms with Crippen LogP contribution >= 0.6 is 45.2 Å². The lowest BCUT2D eigenvalue weighted by Gasteiger charge is -2.09. The van der Waals surface area contributed by atoms with Gasteiger partial charge >= 0.3 is 11.8 Å². The van der Waals surface area contributed by atoms with Gasteiger partial charge in [0.15, 0.2) is 0 Å². The van der Waals surface area contributed by atoms with Gasteiger partial charge in [0.05, 0.1) is 11.9 Å². The van der Waals surface area contributed by atoms with Gasteiger partial charge in [-0.25, -0.2) is 13.1 Å². The molecule has 0 aliphatic rings. The molecule has 0 aromatic heterocycles. The highest BCUT2D eigenvalue weighted by Crippen LogP contribution is 2.30. The fourth-order valence-corrected chi connectivity index (χ4v) is 3.45. The summed E-state index contributed by atoms with van der Waals surface area (Å²) in [6, 6.07) is 3.07. The highest BCUT2D eigenvalue weighted by Gasteiger charge is 2.20. The number of anilines is 1. The molecule has 1 aromatic rings. The molecule has 0 bridgehead atoms. The third-order valence-electron chi connectivity index (χ3n) is 1.76. The minimum Gasteiger partial charge on any atom is -0.506 e. The van der Waals surface area contributed by atoms with Gasteiger partial charge < -0.3 is 10.4 Å². The summed E-state index contributed by atoms with van der Waals surface area (Å²) < 4.78 is 24.4. The second kappa shape index (κ2) is 6.21. The summed E-state index contributed by atoms with van der Waals surface area (Å²) in [6.45, 7) is 0. The zero-order chi connectivity index (χ0) is 14.8. The molecule has 0 saturated heterocycles. The van der Waals surface area contributed by atoms with Crippen molar-refractivity contribution in [1.29, 1.82) is 0 Å². The van der Waals surface area contributed by atoms with E-state index >= 15 is 0 Å². The number of amides is 2. The monoisotopic (exact) mass is 510 g/mol. The average molecular weight is 510 g/mol. The van der Waals surface area contributed by atoms with E-state index < -0.39 is 21.8 Å². The van der Waals surface area contributed by atoms with E-state index in [0.29, 0.717) is 3.57 Å². The lowest BCUT2D eigenvalue weighted by Crippen LogP contribution is -2.38. The minimum atomic E-state index is -3.81. The molecule has 2 amide bonds. The fourth-order valence-electron chi connectivity index (χ4n) is 1.07. The van der Waals surface area contributed by atoms with Crippen LogP contribution in [-0.2, 0) is 19.6 Å². The second-order valence-corrected chi connectivity index (χ2v) is 7.60. The predicted molar refractivity (Wildman–Crippen MR) is 85.2 cm³/mol. The Morgan fingerprint density at radius 1 is 1.21 bits per heavy atom. The van der Waals surface area contributed by atoms with Crippen molar-refractivity contribution in [2.75, 3.05) is 11.6 Å². The number of hydrogen-bond acceptors (Lipinski definition) is 5. The standard InChI is InChI=1S/C9H8I2N2O5S/c1-19(17,18)13-9(16)8(15)12-7-5(11)2-4(10)3-6(7)14/h2-3,14H,1H3,(H,12,15)(H,13,16). The molecule has 0 saturated carbocycles. The Bertz CT molecular complexity index is 621. The van der Waals surface area contributed by atoms with Crippen LogP contribution in [-0.4, -0.2) is 31.6 Å². The van der Waals surface area contributed by atoms with Crippen LogP contribution in [0.15, 0.2) is 12.1 Å². The number of benzene rings is 1.